The van der Waals surface area contributed by atoms with Crippen LogP contribution < -0.4 is 15.5 Å². The van der Waals surface area contributed by atoms with Gasteiger partial charge in [-0.2, -0.15) is 0 Å². The first-order valence-corrected chi connectivity index (χ1v) is 9.73. The predicted octanol–water partition coefficient (Wildman–Crippen LogP) is 5.23. The van der Waals surface area contributed by atoms with Crippen LogP contribution in [0.4, 0.5) is 10.1 Å². The molecule has 4 rings (SSSR count). The third-order valence-electron chi connectivity index (χ3n) is 4.79. The van der Waals surface area contributed by atoms with Gasteiger partial charge >= 0.3 is 0 Å². The van der Waals surface area contributed by atoms with Gasteiger partial charge in [0.2, 0.25) is 11.2 Å². The van der Waals surface area contributed by atoms with Crippen LogP contribution in [0.2, 0.25) is 0 Å². The second-order valence-electron chi connectivity index (χ2n) is 7.30. The molecule has 6 heteroatoms. The van der Waals surface area contributed by atoms with Crippen molar-refractivity contribution in [1.82, 2.24) is 0 Å². The van der Waals surface area contributed by atoms with E-state index in [1.807, 2.05) is 44.2 Å². The Morgan fingerprint density at radius 3 is 2.35 bits per heavy atom. The molecule has 4 aromatic rings. The van der Waals surface area contributed by atoms with Crippen LogP contribution in [0, 0.1) is 19.7 Å². The minimum absolute atomic E-state index is 0.0313. The number of benzene rings is 3. The molecule has 1 heterocycles. The number of fused-ring (bicyclic) bond motifs is 1. The maximum Gasteiger partial charge on any atom is 0.262 e. The van der Waals surface area contributed by atoms with E-state index in [1.54, 1.807) is 12.1 Å². The highest BCUT2D eigenvalue weighted by Gasteiger charge is 2.19. The number of anilines is 1. The Bertz CT molecular complexity index is 1310. The van der Waals surface area contributed by atoms with Gasteiger partial charge in [0.25, 0.3) is 5.91 Å². The Hall–Kier alpha value is -3.93. The summed E-state index contributed by atoms with van der Waals surface area (Å²) in [7, 11) is 0. The fourth-order valence-electron chi connectivity index (χ4n) is 3.19. The SMILES string of the molecule is Cc1ccc(-c2oc3ccc(C)cc3c(=O)c2OCC(=O)Nc2ccc(F)cc2)cc1. The maximum absolute atomic E-state index is 13.2. The van der Waals surface area contributed by atoms with Crippen molar-refractivity contribution < 1.29 is 18.3 Å². The number of ether oxygens (including phenoxy) is 1. The maximum atomic E-state index is 13.2. The zero-order chi connectivity index (χ0) is 22.0. The van der Waals surface area contributed by atoms with Gasteiger partial charge in [0.15, 0.2) is 12.4 Å². The summed E-state index contributed by atoms with van der Waals surface area (Å²) in [5, 5.41) is 2.99. The van der Waals surface area contributed by atoms with Crippen LogP contribution in [0.5, 0.6) is 5.75 Å². The Labute approximate surface area is 178 Å². The summed E-state index contributed by atoms with van der Waals surface area (Å²) in [6, 6.07) is 18.2. The minimum Gasteiger partial charge on any atom is -0.476 e. The molecule has 0 aliphatic carbocycles. The van der Waals surface area contributed by atoms with Crippen LogP contribution >= 0.6 is 0 Å². The van der Waals surface area contributed by atoms with Crippen molar-refractivity contribution in [3.05, 3.63) is 93.9 Å². The van der Waals surface area contributed by atoms with E-state index >= 15 is 0 Å². The van der Waals surface area contributed by atoms with Crippen LogP contribution in [0.25, 0.3) is 22.3 Å². The standard InChI is InChI=1S/C25H20FNO4/c1-15-3-6-17(7-4-15)24-25(23(29)20-13-16(2)5-12-21(20)31-24)30-14-22(28)27-19-10-8-18(26)9-11-19/h3-13H,14H2,1-2H3,(H,27,28). The van der Waals surface area contributed by atoms with Crippen LogP contribution in [0.1, 0.15) is 11.1 Å². The lowest BCUT2D eigenvalue weighted by atomic mass is 10.1. The molecule has 0 fully saturated rings. The molecule has 0 atom stereocenters. The minimum atomic E-state index is -0.481. The molecule has 3 aromatic carbocycles. The number of carbonyl (C=O) groups is 1. The quantitative estimate of drug-likeness (QED) is 0.483. The van der Waals surface area contributed by atoms with Gasteiger partial charge in [-0.15, -0.1) is 0 Å². The fraction of sp³-hybridized carbons (Fsp3) is 0.120. The number of halogens is 1. The summed E-state index contributed by atoms with van der Waals surface area (Å²) < 4.78 is 24.7. The van der Waals surface area contributed by atoms with E-state index in [0.29, 0.717) is 22.2 Å². The lowest BCUT2D eigenvalue weighted by Gasteiger charge is -2.12. The number of nitrogens with one attached hydrogen (secondary N) is 1. The second kappa shape index (κ2) is 8.44. The van der Waals surface area contributed by atoms with E-state index in [9.17, 15) is 14.0 Å². The third-order valence-corrected chi connectivity index (χ3v) is 4.79. The highest BCUT2D eigenvalue weighted by molar-refractivity contribution is 5.92. The van der Waals surface area contributed by atoms with E-state index in [1.165, 1.54) is 24.3 Å². The molecular formula is C25H20FNO4. The van der Waals surface area contributed by atoms with Crippen LogP contribution in [-0.2, 0) is 4.79 Å². The van der Waals surface area contributed by atoms with Gasteiger partial charge in [-0.3, -0.25) is 9.59 Å². The highest BCUT2D eigenvalue weighted by Crippen LogP contribution is 2.31. The molecule has 1 aromatic heterocycles. The molecular weight excluding hydrogens is 397 g/mol. The van der Waals surface area contributed by atoms with E-state index in [-0.39, 0.29) is 16.9 Å². The summed E-state index contributed by atoms with van der Waals surface area (Å²) in [4.78, 5) is 25.5. The Kier molecular flexibility index (Phi) is 5.54. The number of rotatable bonds is 5. The van der Waals surface area contributed by atoms with Crippen LogP contribution in [-0.4, -0.2) is 12.5 Å². The summed E-state index contributed by atoms with van der Waals surface area (Å²) in [5.74, 6) is -0.654. The molecule has 5 nitrogen and oxygen atoms in total. The Balaban J connectivity index is 1.69. The highest BCUT2D eigenvalue weighted by atomic mass is 19.1. The number of aryl methyl sites for hydroxylation is 2. The second-order valence-corrected chi connectivity index (χ2v) is 7.30. The molecule has 0 aliphatic rings. The monoisotopic (exact) mass is 417 g/mol. The van der Waals surface area contributed by atoms with Gasteiger partial charge in [0.1, 0.15) is 11.4 Å². The molecule has 0 spiro atoms. The van der Waals surface area contributed by atoms with E-state index < -0.39 is 18.3 Å². The number of carbonyl (C=O) groups excluding carboxylic acids is 1. The van der Waals surface area contributed by atoms with Crippen molar-refractivity contribution in [3.8, 4) is 17.1 Å². The van der Waals surface area contributed by atoms with Gasteiger partial charge in [0, 0.05) is 11.3 Å². The van der Waals surface area contributed by atoms with Crippen molar-refractivity contribution >= 4 is 22.6 Å². The molecule has 0 saturated carbocycles. The summed E-state index contributed by atoms with van der Waals surface area (Å²) in [6.45, 7) is 3.43. The lowest BCUT2D eigenvalue weighted by molar-refractivity contribution is -0.118. The van der Waals surface area contributed by atoms with Gasteiger partial charge in [0.05, 0.1) is 5.39 Å². The zero-order valence-electron chi connectivity index (χ0n) is 17.1. The summed E-state index contributed by atoms with van der Waals surface area (Å²) in [6.07, 6.45) is 0. The van der Waals surface area contributed by atoms with Crippen molar-refractivity contribution in [2.75, 3.05) is 11.9 Å². The largest absolute Gasteiger partial charge is 0.476 e. The average Bonchev–Trinajstić information content (AvgIpc) is 2.75. The van der Waals surface area contributed by atoms with Crippen molar-refractivity contribution in [1.29, 1.82) is 0 Å². The molecule has 0 bridgehead atoms. The zero-order valence-corrected chi connectivity index (χ0v) is 17.1. The number of amides is 1. The number of hydrogen-bond acceptors (Lipinski definition) is 4. The first-order chi connectivity index (χ1) is 14.9. The van der Waals surface area contributed by atoms with Gasteiger partial charge in [-0.25, -0.2) is 4.39 Å². The molecule has 0 unspecified atom stereocenters. The van der Waals surface area contributed by atoms with Crippen molar-refractivity contribution in [3.63, 3.8) is 0 Å². The average molecular weight is 417 g/mol. The normalized spacial score (nSPS) is 10.8. The van der Waals surface area contributed by atoms with Crippen LogP contribution in [0.15, 0.2) is 75.9 Å². The molecule has 31 heavy (non-hydrogen) atoms. The topological polar surface area (TPSA) is 68.5 Å². The van der Waals surface area contributed by atoms with Crippen LogP contribution in [0.3, 0.4) is 0 Å². The molecule has 0 saturated heterocycles. The number of hydrogen-bond donors (Lipinski definition) is 1. The van der Waals surface area contributed by atoms with E-state index in [0.717, 1.165) is 11.1 Å². The van der Waals surface area contributed by atoms with E-state index in [4.69, 9.17) is 9.15 Å². The van der Waals surface area contributed by atoms with Crippen molar-refractivity contribution in [2.45, 2.75) is 13.8 Å². The molecule has 0 aliphatic heterocycles. The smallest absolute Gasteiger partial charge is 0.262 e. The Morgan fingerprint density at radius 1 is 0.968 bits per heavy atom. The first kappa shape index (κ1) is 20.3. The molecule has 0 radical (unpaired) electrons. The molecule has 156 valence electrons. The Morgan fingerprint density at radius 2 is 1.65 bits per heavy atom. The van der Waals surface area contributed by atoms with E-state index in [2.05, 4.69) is 5.32 Å². The van der Waals surface area contributed by atoms with Crippen molar-refractivity contribution in [2.24, 2.45) is 0 Å². The van der Waals surface area contributed by atoms with Gasteiger partial charge < -0.3 is 14.5 Å². The van der Waals surface area contributed by atoms with Gasteiger partial charge in [-0.1, -0.05) is 41.5 Å². The third kappa shape index (κ3) is 4.48. The first-order valence-electron chi connectivity index (χ1n) is 9.73. The summed E-state index contributed by atoms with van der Waals surface area (Å²) >= 11 is 0. The van der Waals surface area contributed by atoms with Gasteiger partial charge in [-0.05, 0) is 50.2 Å². The summed E-state index contributed by atoms with van der Waals surface area (Å²) in [5.41, 5.74) is 3.14. The fourth-order valence-corrected chi connectivity index (χ4v) is 3.19. The lowest BCUT2D eigenvalue weighted by Crippen LogP contribution is -2.22. The predicted molar refractivity (Wildman–Crippen MR) is 118 cm³/mol. The molecule has 1 N–H and O–H groups in total. The molecule has 1 amide bonds.